The molecule has 99 valence electrons. The zero-order chi connectivity index (χ0) is 13.6. The molecule has 2 aromatic rings. The van der Waals surface area contributed by atoms with Crippen LogP contribution in [0.5, 0.6) is 0 Å². The minimum Gasteiger partial charge on any atom is -0.378 e. The van der Waals surface area contributed by atoms with Crippen LogP contribution in [0.4, 0.5) is 0 Å². The summed E-state index contributed by atoms with van der Waals surface area (Å²) >= 11 is 0. The second-order valence-corrected chi connectivity index (χ2v) is 6.67. The van der Waals surface area contributed by atoms with Crippen molar-refractivity contribution < 1.29 is 6.16 Å². The van der Waals surface area contributed by atoms with Gasteiger partial charge in [-0.2, -0.15) is 0 Å². The largest absolute Gasteiger partial charge is 1.00 e. The summed E-state index contributed by atoms with van der Waals surface area (Å²) in [5.74, 6) is 0.290. The fourth-order valence-corrected chi connectivity index (χ4v) is 4.10. The lowest BCUT2D eigenvalue weighted by Gasteiger charge is -2.41. The Morgan fingerprint density at radius 1 is 1.15 bits per heavy atom. The van der Waals surface area contributed by atoms with Crippen LogP contribution in [0.2, 0.25) is 0 Å². The highest BCUT2D eigenvalue weighted by Gasteiger charge is 2.38. The molecule has 2 aromatic carbocycles. The van der Waals surface area contributed by atoms with Gasteiger partial charge in [0, 0.05) is 12.5 Å². The Labute approximate surface area is 124 Å². The molecule has 2 aliphatic rings. The molecular formula is C18H18OSi+. The van der Waals surface area contributed by atoms with E-state index in [9.17, 15) is 0 Å². The van der Waals surface area contributed by atoms with Crippen LogP contribution in [0.1, 0.15) is 37.7 Å². The first-order valence-electron chi connectivity index (χ1n) is 7.37. The molecule has 4 rings (SSSR count). The third-order valence-electron chi connectivity index (χ3n) is 4.58. The number of ether oxygens (including phenoxy) is 1. The molecule has 1 nitrogen and oxygen atoms in total. The lowest BCUT2D eigenvalue weighted by Crippen LogP contribution is -2.42. The van der Waals surface area contributed by atoms with Crippen LogP contribution in [0.15, 0.2) is 42.5 Å². The molecule has 2 unspecified atom stereocenters. The summed E-state index contributed by atoms with van der Waals surface area (Å²) in [4.78, 5) is 0. The summed E-state index contributed by atoms with van der Waals surface area (Å²) in [6.07, 6.45) is 8.02. The van der Waals surface area contributed by atoms with E-state index in [4.69, 9.17) is 4.74 Å². The first-order valence-corrected chi connectivity index (χ1v) is 7.87. The van der Waals surface area contributed by atoms with Gasteiger partial charge in [0.15, 0.2) is 0 Å². The van der Waals surface area contributed by atoms with Gasteiger partial charge < -0.3 is 4.74 Å². The van der Waals surface area contributed by atoms with E-state index in [0.29, 0.717) is 0 Å². The van der Waals surface area contributed by atoms with E-state index in [1.54, 1.807) is 0 Å². The van der Waals surface area contributed by atoms with Crippen molar-refractivity contribution in [3.8, 4) is 0 Å². The predicted molar refractivity (Wildman–Crippen MR) is 85.1 cm³/mol. The third kappa shape index (κ3) is 1.79. The number of rotatable bonds is 1. The van der Waals surface area contributed by atoms with Crippen LogP contribution >= 0.6 is 0 Å². The minimum absolute atomic E-state index is 0. The van der Waals surface area contributed by atoms with Crippen LogP contribution in [-0.2, 0) is 4.74 Å². The molecule has 0 bridgehead atoms. The number of benzene rings is 2. The van der Waals surface area contributed by atoms with E-state index in [0.717, 1.165) is 13.0 Å². The van der Waals surface area contributed by atoms with Crippen molar-refractivity contribution in [2.45, 2.75) is 30.4 Å². The van der Waals surface area contributed by atoms with Crippen molar-refractivity contribution in [1.82, 2.24) is 0 Å². The molecule has 1 saturated heterocycles. The van der Waals surface area contributed by atoms with Gasteiger partial charge in [-0.1, -0.05) is 48.6 Å². The Morgan fingerprint density at radius 3 is 2.80 bits per heavy atom. The van der Waals surface area contributed by atoms with Crippen molar-refractivity contribution >= 4 is 27.1 Å². The Bertz CT molecular complexity index is 683. The van der Waals surface area contributed by atoms with Gasteiger partial charge in [-0.15, -0.1) is 0 Å². The van der Waals surface area contributed by atoms with Crippen molar-refractivity contribution in [3.63, 3.8) is 0 Å². The summed E-state index contributed by atoms with van der Waals surface area (Å²) < 4.78 is 6.11. The Balaban J connectivity index is 0.00000132. The van der Waals surface area contributed by atoms with Gasteiger partial charge in [-0.25, -0.2) is 0 Å². The van der Waals surface area contributed by atoms with E-state index in [1.807, 2.05) is 0 Å². The number of hydrogen-bond donors (Lipinski definition) is 0. The van der Waals surface area contributed by atoms with E-state index >= 15 is 0 Å². The van der Waals surface area contributed by atoms with Crippen molar-refractivity contribution in [1.29, 1.82) is 0 Å². The molecule has 0 amide bonds. The molecular weight excluding hydrogens is 260 g/mol. The van der Waals surface area contributed by atoms with E-state index < -0.39 is 0 Å². The fourth-order valence-electron chi connectivity index (χ4n) is 3.57. The van der Waals surface area contributed by atoms with Crippen LogP contribution < -0.4 is 0 Å². The first-order chi connectivity index (χ1) is 9.78. The van der Waals surface area contributed by atoms with Gasteiger partial charge in [-0.05, 0) is 41.2 Å². The molecule has 20 heavy (non-hydrogen) atoms. The summed E-state index contributed by atoms with van der Waals surface area (Å²) in [6.45, 7) is 0.853. The predicted octanol–water partition coefficient (Wildman–Crippen LogP) is 4.13. The molecule has 0 spiro atoms. The molecule has 0 saturated carbocycles. The van der Waals surface area contributed by atoms with E-state index in [2.05, 4.69) is 58.8 Å². The molecule has 0 aromatic heterocycles. The Kier molecular flexibility index (Phi) is 2.83. The van der Waals surface area contributed by atoms with Gasteiger partial charge in [0.2, 0.25) is 0 Å². The average Bonchev–Trinajstić information content (AvgIpc) is 2.49. The van der Waals surface area contributed by atoms with Gasteiger partial charge in [0.1, 0.15) is 0 Å². The summed E-state index contributed by atoms with van der Waals surface area (Å²) in [5.41, 5.74) is 2.71. The highest BCUT2D eigenvalue weighted by Crippen LogP contribution is 2.43. The van der Waals surface area contributed by atoms with Gasteiger partial charge in [0.05, 0.1) is 15.5 Å². The summed E-state index contributed by atoms with van der Waals surface area (Å²) in [7, 11) is 3.96. The maximum atomic E-state index is 6.11. The standard InChI is InChI=1S/C18H17OSi/c20-18(11-1-2-12-19-18)16-10-9-14-6-3-5-13-7-4-8-15(16)17(13)14/h3-10,16H,1-2,11-12H2/p+1. The average molecular weight is 278 g/mol. The lowest BCUT2D eigenvalue weighted by molar-refractivity contribution is -0.0261. The molecule has 1 fully saturated rings. The van der Waals surface area contributed by atoms with Crippen molar-refractivity contribution in [3.05, 3.63) is 53.6 Å². The monoisotopic (exact) mass is 278 g/mol. The summed E-state index contributed by atoms with van der Waals surface area (Å²) in [5, 5.41) is 2.46. The fraction of sp³-hybridized carbons (Fsp3) is 0.333. The SMILES string of the molecule is [H+].[Si]C1(C2C=Cc3cccc4cccc2c34)CCCCO1. The van der Waals surface area contributed by atoms with E-state index in [-0.39, 0.29) is 12.6 Å². The second-order valence-electron chi connectivity index (χ2n) is 5.82. The molecule has 1 aliphatic heterocycles. The van der Waals surface area contributed by atoms with E-state index in [1.165, 1.54) is 34.7 Å². The molecule has 1 heterocycles. The topological polar surface area (TPSA) is 9.23 Å². The van der Waals surface area contributed by atoms with Crippen LogP contribution in [0.25, 0.3) is 16.8 Å². The lowest BCUT2D eigenvalue weighted by atomic mass is 9.80. The van der Waals surface area contributed by atoms with Crippen LogP contribution in [0.3, 0.4) is 0 Å². The molecule has 0 N–H and O–H groups in total. The second kappa shape index (κ2) is 4.57. The van der Waals surface area contributed by atoms with Gasteiger partial charge in [-0.3, -0.25) is 0 Å². The first kappa shape index (κ1) is 12.4. The van der Waals surface area contributed by atoms with Crippen LogP contribution in [0, 0.1) is 0 Å². The van der Waals surface area contributed by atoms with Gasteiger partial charge >= 0.3 is 1.43 Å². The Morgan fingerprint density at radius 2 is 2.00 bits per heavy atom. The number of hydrogen-bond acceptors (Lipinski definition) is 1. The van der Waals surface area contributed by atoms with Crippen LogP contribution in [-0.4, -0.2) is 22.1 Å². The zero-order valence-electron chi connectivity index (χ0n) is 12.4. The molecule has 1 aliphatic carbocycles. The maximum absolute atomic E-state index is 6.11. The quantitative estimate of drug-likeness (QED) is 0.713. The molecule has 3 radical (unpaired) electrons. The highest BCUT2D eigenvalue weighted by atomic mass is 28.1. The highest BCUT2D eigenvalue weighted by molar-refractivity contribution is 6.16. The third-order valence-corrected chi connectivity index (χ3v) is 5.28. The molecule has 2 heteroatoms. The Hall–Kier alpha value is -1.38. The van der Waals surface area contributed by atoms with Crippen molar-refractivity contribution in [2.24, 2.45) is 0 Å². The maximum Gasteiger partial charge on any atom is 1.00 e. The zero-order valence-corrected chi connectivity index (χ0v) is 12.4. The van der Waals surface area contributed by atoms with Crippen molar-refractivity contribution in [2.75, 3.05) is 6.61 Å². The summed E-state index contributed by atoms with van der Waals surface area (Å²) in [6, 6.07) is 13.1. The molecule has 2 atom stereocenters. The van der Waals surface area contributed by atoms with Gasteiger partial charge in [0.25, 0.3) is 0 Å². The minimum atomic E-state index is -0.240. The normalized spacial score (nSPS) is 28.8. The smallest absolute Gasteiger partial charge is 0.378 e.